The van der Waals surface area contributed by atoms with E-state index < -0.39 is 0 Å². The quantitative estimate of drug-likeness (QED) is 0.511. The summed E-state index contributed by atoms with van der Waals surface area (Å²) in [6, 6.07) is 5.29. The Kier molecular flexibility index (Phi) is 8.11. The van der Waals surface area contributed by atoms with E-state index in [1.165, 1.54) is 24.2 Å². The summed E-state index contributed by atoms with van der Waals surface area (Å²) in [6.45, 7) is 5.52. The van der Waals surface area contributed by atoms with E-state index in [-0.39, 0.29) is 23.8 Å². The van der Waals surface area contributed by atoms with Crippen LogP contribution in [-0.2, 0) is 9.59 Å². The third kappa shape index (κ3) is 6.96. The number of carbonyl (C=O) groups is 2. The van der Waals surface area contributed by atoms with Gasteiger partial charge >= 0.3 is 0 Å². The molecule has 34 heavy (non-hydrogen) atoms. The largest absolute Gasteiger partial charge is 0.493 e. The number of hydrogen-bond donors (Lipinski definition) is 1. The molecule has 0 bridgehead atoms. The summed E-state index contributed by atoms with van der Waals surface area (Å²) < 4.78 is 11.6. The fourth-order valence-corrected chi connectivity index (χ4v) is 4.63. The van der Waals surface area contributed by atoms with E-state index in [9.17, 15) is 9.59 Å². The molecule has 1 aromatic carbocycles. The Morgan fingerprint density at radius 3 is 2.74 bits per heavy atom. The molecule has 0 unspecified atom stereocenters. The van der Waals surface area contributed by atoms with Crippen LogP contribution in [0.25, 0.3) is 6.08 Å². The van der Waals surface area contributed by atoms with E-state index in [2.05, 4.69) is 10.3 Å². The zero-order valence-corrected chi connectivity index (χ0v) is 21.0. The average molecular weight is 504 g/mol. The fourth-order valence-electron chi connectivity index (χ4n) is 3.73. The monoisotopic (exact) mass is 503 g/mol. The van der Waals surface area contributed by atoms with Gasteiger partial charge in [-0.05, 0) is 56.7 Å². The zero-order chi connectivity index (χ0) is 24.1. The first-order valence-electron chi connectivity index (χ1n) is 11.7. The molecule has 1 aliphatic carbocycles. The maximum Gasteiger partial charge on any atom is 0.279 e. The van der Waals surface area contributed by atoms with Gasteiger partial charge in [-0.25, -0.2) is 4.98 Å². The van der Waals surface area contributed by atoms with Crippen molar-refractivity contribution in [1.29, 1.82) is 0 Å². The van der Waals surface area contributed by atoms with Crippen LogP contribution in [0.3, 0.4) is 0 Å². The highest BCUT2D eigenvalue weighted by molar-refractivity contribution is 7.14. The summed E-state index contributed by atoms with van der Waals surface area (Å²) in [6.07, 6.45) is 9.46. The molecule has 2 aromatic rings. The van der Waals surface area contributed by atoms with E-state index >= 15 is 0 Å². The van der Waals surface area contributed by atoms with Crippen LogP contribution in [0.15, 0.2) is 30.5 Å². The van der Waals surface area contributed by atoms with Gasteiger partial charge in [-0.2, -0.15) is 0 Å². The summed E-state index contributed by atoms with van der Waals surface area (Å²) >= 11 is 7.75. The Balaban J connectivity index is 1.24. The molecule has 1 aliphatic heterocycles. The lowest BCUT2D eigenvalue weighted by atomic mass is 9.95. The minimum absolute atomic E-state index is 0.0351. The third-order valence-electron chi connectivity index (χ3n) is 6.02. The van der Waals surface area contributed by atoms with E-state index in [0.29, 0.717) is 47.8 Å². The number of likely N-dealkylation sites (tertiary alicyclic amines) is 1. The molecule has 1 saturated heterocycles. The van der Waals surface area contributed by atoms with Crippen molar-refractivity contribution >= 4 is 40.8 Å². The van der Waals surface area contributed by atoms with E-state index in [0.717, 1.165) is 17.2 Å². The van der Waals surface area contributed by atoms with Crippen LogP contribution in [-0.4, -0.2) is 47.4 Å². The van der Waals surface area contributed by atoms with Crippen molar-refractivity contribution in [3.63, 3.8) is 0 Å². The van der Waals surface area contributed by atoms with Gasteiger partial charge in [0.05, 0.1) is 16.5 Å². The Morgan fingerprint density at radius 1 is 1.29 bits per heavy atom. The predicted octanol–water partition coefficient (Wildman–Crippen LogP) is 5.15. The molecule has 1 atom stereocenters. The molecule has 7 nitrogen and oxygen atoms in total. The molecule has 2 heterocycles. The second kappa shape index (κ2) is 11.2. The average Bonchev–Trinajstić information content (AvgIpc) is 3.55. The van der Waals surface area contributed by atoms with Gasteiger partial charge in [0, 0.05) is 44.2 Å². The molecule has 1 aromatic heterocycles. The van der Waals surface area contributed by atoms with Gasteiger partial charge in [0.15, 0.2) is 0 Å². The van der Waals surface area contributed by atoms with Crippen LogP contribution >= 0.6 is 22.9 Å². The second-order valence-electron chi connectivity index (χ2n) is 8.91. The number of rotatable bonds is 9. The normalized spacial score (nSPS) is 17.6. The van der Waals surface area contributed by atoms with Crippen molar-refractivity contribution in [3.05, 3.63) is 40.4 Å². The van der Waals surface area contributed by atoms with Crippen molar-refractivity contribution in [3.8, 4) is 16.7 Å². The zero-order valence-electron chi connectivity index (χ0n) is 19.5. The van der Waals surface area contributed by atoms with E-state index in [1.54, 1.807) is 30.2 Å². The van der Waals surface area contributed by atoms with Crippen molar-refractivity contribution in [1.82, 2.24) is 15.2 Å². The van der Waals surface area contributed by atoms with Gasteiger partial charge in [-0.3, -0.25) is 9.59 Å². The van der Waals surface area contributed by atoms with Crippen molar-refractivity contribution < 1.29 is 19.1 Å². The molecule has 1 N–H and O–H groups in total. The number of halogens is 1. The number of ether oxygens (including phenoxy) is 2. The number of hydrogen-bond acceptors (Lipinski definition) is 6. The maximum absolute atomic E-state index is 12.5. The minimum Gasteiger partial charge on any atom is -0.493 e. The first-order valence-corrected chi connectivity index (χ1v) is 12.9. The standard InChI is InChI=1S/C25H30ClN3O4S/c1-16(28-24(31)19-9-11-29(12-10-19)17(2)30)3-7-21-14-27-25(34-21)33-23-8-6-20(13-22(23)26)32-15-18-4-5-18/h3,6-8,13-14,16,18-19H,4-5,9-12,15H2,1-2H3,(H,28,31)/t16-/m0/s1. The minimum atomic E-state index is -0.123. The number of nitrogens with one attached hydrogen (secondary N) is 1. The summed E-state index contributed by atoms with van der Waals surface area (Å²) in [5.41, 5.74) is 0. The van der Waals surface area contributed by atoms with Gasteiger partial charge in [-0.1, -0.05) is 29.0 Å². The molecule has 2 fully saturated rings. The first kappa shape index (κ1) is 24.5. The number of piperidine rings is 1. The smallest absolute Gasteiger partial charge is 0.279 e. The van der Waals surface area contributed by atoms with Crippen LogP contribution in [0.1, 0.15) is 44.4 Å². The Bertz CT molecular complexity index is 1040. The lowest BCUT2D eigenvalue weighted by Crippen LogP contribution is -2.43. The molecule has 1 saturated carbocycles. The molecule has 0 spiro atoms. The van der Waals surface area contributed by atoms with Gasteiger partial charge < -0.3 is 19.7 Å². The molecule has 2 aliphatic rings. The second-order valence-corrected chi connectivity index (χ2v) is 10.3. The van der Waals surface area contributed by atoms with E-state index in [4.69, 9.17) is 21.1 Å². The summed E-state index contributed by atoms with van der Waals surface area (Å²) in [7, 11) is 0. The van der Waals surface area contributed by atoms with Gasteiger partial charge in [-0.15, -0.1) is 0 Å². The van der Waals surface area contributed by atoms with Gasteiger partial charge in [0.25, 0.3) is 5.19 Å². The highest BCUT2D eigenvalue weighted by Gasteiger charge is 2.26. The Labute approximate surface area is 209 Å². The lowest BCUT2D eigenvalue weighted by molar-refractivity contribution is -0.134. The van der Waals surface area contributed by atoms with Crippen LogP contribution in [0.5, 0.6) is 16.7 Å². The lowest BCUT2D eigenvalue weighted by Gasteiger charge is -2.31. The number of benzene rings is 1. The van der Waals surface area contributed by atoms with Crippen LogP contribution in [0.4, 0.5) is 0 Å². The van der Waals surface area contributed by atoms with Gasteiger partial charge in [0.1, 0.15) is 11.5 Å². The third-order valence-corrected chi connectivity index (χ3v) is 7.15. The number of carbonyl (C=O) groups excluding carboxylic acids is 2. The number of thiazole rings is 1. The maximum atomic E-state index is 12.5. The van der Waals surface area contributed by atoms with Crippen molar-refractivity contribution in [2.24, 2.45) is 11.8 Å². The summed E-state index contributed by atoms with van der Waals surface area (Å²) in [5.74, 6) is 2.01. The molecule has 182 valence electrons. The highest BCUT2D eigenvalue weighted by Crippen LogP contribution is 2.35. The topological polar surface area (TPSA) is 80.8 Å². The van der Waals surface area contributed by atoms with Crippen molar-refractivity contribution in [2.75, 3.05) is 19.7 Å². The number of nitrogens with zero attached hydrogens (tertiary/aromatic N) is 2. The molecule has 2 amide bonds. The predicted molar refractivity (Wildman–Crippen MR) is 133 cm³/mol. The molecular formula is C25H30ClN3O4S. The molecule has 0 radical (unpaired) electrons. The number of amides is 2. The SMILES string of the molecule is CC(=O)N1CCC(C(=O)N[C@@H](C)C=Cc2cnc(Oc3ccc(OCC4CC4)cc3Cl)s2)CC1. The van der Waals surface area contributed by atoms with Crippen molar-refractivity contribution in [2.45, 2.75) is 45.6 Å². The molecule has 4 rings (SSSR count). The summed E-state index contributed by atoms with van der Waals surface area (Å²) in [5, 5.41) is 4.00. The highest BCUT2D eigenvalue weighted by atomic mass is 35.5. The Hall–Kier alpha value is -2.58. The molecular weight excluding hydrogens is 474 g/mol. The fraction of sp³-hybridized carbons (Fsp3) is 0.480. The van der Waals surface area contributed by atoms with E-state index in [1.807, 2.05) is 25.1 Å². The number of aromatic nitrogens is 1. The van der Waals surface area contributed by atoms with Crippen LogP contribution in [0.2, 0.25) is 5.02 Å². The summed E-state index contributed by atoms with van der Waals surface area (Å²) in [4.78, 5) is 31.0. The van der Waals surface area contributed by atoms with Crippen LogP contribution in [0, 0.1) is 11.8 Å². The first-order chi connectivity index (χ1) is 16.4. The van der Waals surface area contributed by atoms with Gasteiger partial charge in [0.2, 0.25) is 11.8 Å². The van der Waals surface area contributed by atoms with Crippen LogP contribution < -0.4 is 14.8 Å². The Morgan fingerprint density at radius 2 is 2.06 bits per heavy atom. The molecule has 9 heteroatoms.